The van der Waals surface area contributed by atoms with Gasteiger partial charge in [0.15, 0.2) is 5.78 Å². The largest absolute Gasteiger partial charge is 0.468 e. The van der Waals surface area contributed by atoms with Crippen LogP contribution in [0.3, 0.4) is 0 Å². The maximum atomic E-state index is 13.8. The Hall–Kier alpha value is -2.96. The predicted octanol–water partition coefficient (Wildman–Crippen LogP) is 6.33. The second-order valence-electron chi connectivity index (χ2n) is 14.2. The summed E-state index contributed by atoms with van der Waals surface area (Å²) < 4.78 is 11.5. The van der Waals surface area contributed by atoms with Crippen LogP contribution in [-0.2, 0) is 31.9 Å². The fourth-order valence-corrected chi connectivity index (χ4v) is 6.75. The van der Waals surface area contributed by atoms with Crippen LogP contribution in [0.4, 0.5) is 4.79 Å². The van der Waals surface area contributed by atoms with Crippen molar-refractivity contribution in [2.45, 2.75) is 90.8 Å². The quantitative estimate of drug-likeness (QED) is 0.134. The molecule has 250 valence electrons. The van der Waals surface area contributed by atoms with Crippen molar-refractivity contribution in [3.8, 4) is 11.1 Å². The van der Waals surface area contributed by atoms with E-state index >= 15 is 0 Å². The molecule has 2 aromatic carbocycles. The van der Waals surface area contributed by atoms with Crippen molar-refractivity contribution in [1.82, 2.24) is 15.6 Å². The van der Waals surface area contributed by atoms with Crippen LogP contribution in [0.25, 0.3) is 22.0 Å². The lowest BCUT2D eigenvalue weighted by Gasteiger charge is -2.24. The van der Waals surface area contributed by atoms with Gasteiger partial charge >= 0.3 is 12.1 Å². The first-order valence-corrected chi connectivity index (χ1v) is 17.1. The summed E-state index contributed by atoms with van der Waals surface area (Å²) in [4.78, 5) is 42.2. The number of aliphatic hydroxyl groups excluding tert-OH is 1. The predicted molar refractivity (Wildman–Crippen MR) is 189 cm³/mol. The number of aromatic nitrogens is 1. The van der Waals surface area contributed by atoms with E-state index in [4.69, 9.17) is 9.47 Å². The first-order valence-electron chi connectivity index (χ1n) is 16.0. The minimum absolute atomic E-state index is 0.0392. The Labute approximate surface area is 285 Å². The van der Waals surface area contributed by atoms with Gasteiger partial charge in [-0.15, -0.1) is 0 Å². The van der Waals surface area contributed by atoms with Crippen molar-refractivity contribution in [2.24, 2.45) is 11.3 Å². The zero-order chi connectivity index (χ0) is 33.6. The molecule has 2 unspecified atom stereocenters. The van der Waals surface area contributed by atoms with E-state index in [9.17, 15) is 19.5 Å². The highest BCUT2D eigenvalue weighted by atomic mass is 127. The number of halogens is 1. The highest BCUT2D eigenvalue weighted by molar-refractivity contribution is 14.1. The van der Waals surface area contributed by atoms with E-state index in [2.05, 4.69) is 76.3 Å². The number of hydrogen-bond acceptors (Lipinski definition) is 7. The van der Waals surface area contributed by atoms with Crippen LogP contribution < -0.4 is 10.6 Å². The van der Waals surface area contributed by atoms with Gasteiger partial charge in [-0.2, -0.15) is 0 Å². The number of fused-ring (bicyclic) bond motifs is 1. The van der Waals surface area contributed by atoms with Crippen LogP contribution in [0.2, 0.25) is 0 Å². The van der Waals surface area contributed by atoms with Crippen LogP contribution in [0, 0.1) is 15.0 Å². The molecule has 0 aliphatic carbocycles. The normalized spacial score (nSPS) is 18.1. The number of alkyl carbamates (subject to hydrolysis) is 1. The van der Waals surface area contributed by atoms with Crippen LogP contribution in [-0.4, -0.2) is 65.9 Å². The Morgan fingerprint density at radius 3 is 2.50 bits per heavy atom. The number of benzene rings is 2. The molecule has 10 heteroatoms. The third-order valence-electron chi connectivity index (χ3n) is 8.45. The molecule has 4 N–H and O–H groups in total. The van der Waals surface area contributed by atoms with E-state index in [1.807, 2.05) is 18.2 Å². The number of rotatable bonds is 11. The van der Waals surface area contributed by atoms with Crippen LogP contribution in [0.15, 0.2) is 42.5 Å². The average molecular weight is 746 g/mol. The lowest BCUT2D eigenvalue weighted by atomic mass is 9.86. The average Bonchev–Trinajstić information content (AvgIpc) is 3.13. The van der Waals surface area contributed by atoms with Gasteiger partial charge < -0.3 is 30.2 Å². The first kappa shape index (κ1) is 35.9. The van der Waals surface area contributed by atoms with E-state index in [1.165, 1.54) is 12.7 Å². The first-order chi connectivity index (χ1) is 21.7. The summed E-state index contributed by atoms with van der Waals surface area (Å²) in [6.45, 7) is 10.1. The van der Waals surface area contributed by atoms with Gasteiger partial charge in [-0.25, -0.2) is 4.79 Å². The number of H-pyrrole nitrogens is 1. The van der Waals surface area contributed by atoms with Gasteiger partial charge in [0.05, 0.1) is 16.9 Å². The summed E-state index contributed by atoms with van der Waals surface area (Å²) in [5, 5.41) is 17.1. The van der Waals surface area contributed by atoms with Gasteiger partial charge in [0.2, 0.25) is 0 Å². The molecule has 3 atom stereocenters. The number of Topliss-reactive ketones (excluding diaryl/α,β-unsaturated/α-hetero) is 1. The second-order valence-corrected chi connectivity index (χ2v) is 15.3. The minimum atomic E-state index is -0.772. The number of methoxy groups -OCH3 is 1. The molecule has 1 amide bonds. The van der Waals surface area contributed by atoms with Crippen molar-refractivity contribution in [3.63, 3.8) is 0 Å². The zero-order valence-electron chi connectivity index (χ0n) is 27.8. The molecule has 4 rings (SSSR count). The highest BCUT2D eigenvalue weighted by Gasteiger charge is 2.30. The third kappa shape index (κ3) is 9.78. The number of aliphatic hydroxyl groups is 1. The highest BCUT2D eigenvalue weighted by Crippen LogP contribution is 2.34. The lowest BCUT2D eigenvalue weighted by molar-refractivity contribution is -0.143. The Bertz CT molecular complexity index is 1540. The molecule has 2 heterocycles. The molecule has 1 fully saturated rings. The summed E-state index contributed by atoms with van der Waals surface area (Å²) in [7, 11) is 1.38. The molecule has 1 saturated heterocycles. The van der Waals surface area contributed by atoms with Gasteiger partial charge in [-0.3, -0.25) is 9.59 Å². The van der Waals surface area contributed by atoms with E-state index in [0.717, 1.165) is 50.6 Å². The molecule has 9 nitrogen and oxygen atoms in total. The van der Waals surface area contributed by atoms with Gasteiger partial charge in [0, 0.05) is 23.9 Å². The summed E-state index contributed by atoms with van der Waals surface area (Å²) in [5.41, 5.74) is 4.25. The number of hydrogen-bond donors (Lipinski definition) is 4. The van der Waals surface area contributed by atoms with Crippen LogP contribution >= 0.6 is 22.6 Å². The molecule has 46 heavy (non-hydrogen) atoms. The Morgan fingerprint density at radius 1 is 1.07 bits per heavy atom. The summed E-state index contributed by atoms with van der Waals surface area (Å²) in [6.07, 6.45) is 2.98. The number of carbonyl (C=O) groups excluding carboxylic acids is 3. The number of aromatic amines is 1. The molecule has 1 aromatic heterocycles. The smallest absolute Gasteiger partial charge is 0.408 e. The number of ketones is 1. The summed E-state index contributed by atoms with van der Waals surface area (Å²) >= 11 is 2.33. The number of ether oxygens (including phenoxy) is 2. The molecule has 3 aromatic rings. The summed E-state index contributed by atoms with van der Waals surface area (Å²) in [6, 6.07) is 13.3. The minimum Gasteiger partial charge on any atom is -0.468 e. The van der Waals surface area contributed by atoms with Gasteiger partial charge in [-0.1, -0.05) is 50.6 Å². The van der Waals surface area contributed by atoms with E-state index in [1.54, 1.807) is 20.8 Å². The van der Waals surface area contributed by atoms with E-state index < -0.39 is 17.7 Å². The van der Waals surface area contributed by atoms with Crippen molar-refractivity contribution in [3.05, 3.63) is 57.3 Å². The second kappa shape index (κ2) is 15.3. The Morgan fingerprint density at radius 2 is 1.80 bits per heavy atom. The van der Waals surface area contributed by atoms with Crippen LogP contribution in [0.1, 0.15) is 71.4 Å². The Balaban J connectivity index is 1.56. The van der Waals surface area contributed by atoms with Crippen molar-refractivity contribution in [1.29, 1.82) is 0 Å². The van der Waals surface area contributed by atoms with Gasteiger partial charge in [0.25, 0.3) is 0 Å². The van der Waals surface area contributed by atoms with Crippen molar-refractivity contribution >= 4 is 51.3 Å². The molecule has 1 aliphatic rings. The molecule has 0 saturated carbocycles. The number of esters is 1. The van der Waals surface area contributed by atoms with Crippen molar-refractivity contribution < 1.29 is 29.0 Å². The fraction of sp³-hybridized carbons (Fsp3) is 0.528. The molecule has 0 bridgehead atoms. The maximum Gasteiger partial charge on any atom is 0.408 e. The van der Waals surface area contributed by atoms with Gasteiger partial charge in [0.1, 0.15) is 11.6 Å². The third-order valence-corrected chi connectivity index (χ3v) is 9.37. The molecular weight excluding hydrogens is 697 g/mol. The monoisotopic (exact) mass is 745 g/mol. The maximum absolute atomic E-state index is 13.8. The lowest BCUT2D eigenvalue weighted by Crippen LogP contribution is -2.45. The van der Waals surface area contributed by atoms with E-state index in [-0.39, 0.29) is 42.2 Å². The van der Waals surface area contributed by atoms with Gasteiger partial charge in [-0.05, 0) is 121 Å². The summed E-state index contributed by atoms with van der Waals surface area (Å²) in [5.74, 6) is -0.316. The number of carbonyl (C=O) groups is 3. The molecular formula is C36H48IN3O6. The molecule has 0 radical (unpaired) electrons. The Kier molecular flexibility index (Phi) is 11.9. The SMILES string of the molecule is COC(=O)C1CCCC(CC(=O)[C@H](Cc2cccc(-c3ccc4[nH]c(I)c(CC(C)(C)CO)c4c3)c2)NC(=O)OC(C)(C)C)CN1. The topological polar surface area (TPSA) is 130 Å². The zero-order valence-corrected chi connectivity index (χ0v) is 30.0. The van der Waals surface area contributed by atoms with Crippen molar-refractivity contribution in [2.75, 3.05) is 20.3 Å². The standard InChI is InChI=1S/C36H48IN3O6/c1-35(2,3)46-34(44)40-30(31(42)17-23-10-8-12-29(38-20-23)33(43)45-6)16-22-9-7-11-24(15-22)25-13-14-28-26(18-25)27(32(37)39-28)19-36(4,5)21-41/h7,9,11,13-15,18,23,29-30,38-39,41H,8,10,12,16-17,19-21H2,1-6H3,(H,40,44)/t23?,29?,30-/m0/s1. The fourth-order valence-electron chi connectivity index (χ4n) is 5.98. The number of nitrogens with one attached hydrogen (secondary N) is 3. The van der Waals surface area contributed by atoms with E-state index in [0.29, 0.717) is 19.4 Å². The number of amides is 1. The molecule has 0 spiro atoms. The molecule has 1 aliphatic heterocycles. The van der Waals surface area contributed by atoms with Crippen LogP contribution in [0.5, 0.6) is 0 Å².